The zero-order valence-corrected chi connectivity index (χ0v) is 19.7. The number of benzene rings is 2. The molecule has 1 aliphatic heterocycles. The van der Waals surface area contributed by atoms with E-state index in [1.165, 1.54) is 5.56 Å². The molecule has 3 aromatic heterocycles. The molecule has 0 fully saturated rings. The summed E-state index contributed by atoms with van der Waals surface area (Å²) >= 11 is 0. The quantitative estimate of drug-likeness (QED) is 0.324. The highest BCUT2D eigenvalue weighted by Gasteiger charge is 2.31. The topological polar surface area (TPSA) is 117 Å². The van der Waals surface area contributed by atoms with Crippen molar-refractivity contribution in [1.82, 2.24) is 35.3 Å². The molecule has 3 N–H and O–H groups in total. The molecule has 0 spiro atoms. The lowest BCUT2D eigenvalue weighted by atomic mass is 9.98. The third-order valence-corrected chi connectivity index (χ3v) is 6.45. The Morgan fingerprint density at radius 2 is 2.03 bits per heavy atom. The van der Waals surface area contributed by atoms with Crippen LogP contribution in [-0.2, 0) is 7.05 Å². The number of rotatable bonds is 7. The van der Waals surface area contributed by atoms with E-state index in [-0.39, 0.29) is 11.8 Å². The number of anilines is 4. The molecule has 0 radical (unpaired) electrons. The van der Waals surface area contributed by atoms with Gasteiger partial charge in [-0.1, -0.05) is 24.3 Å². The van der Waals surface area contributed by atoms with Gasteiger partial charge in [-0.25, -0.2) is 9.97 Å². The molecule has 180 valence electrons. The van der Waals surface area contributed by atoms with Crippen LogP contribution in [0.3, 0.4) is 0 Å². The van der Waals surface area contributed by atoms with Gasteiger partial charge < -0.3 is 15.5 Å². The molecular formula is C26H25N9O. The van der Waals surface area contributed by atoms with Crippen molar-refractivity contribution < 1.29 is 4.79 Å². The van der Waals surface area contributed by atoms with Crippen LogP contribution in [0.2, 0.25) is 0 Å². The van der Waals surface area contributed by atoms with Crippen molar-refractivity contribution in [3.8, 4) is 0 Å². The summed E-state index contributed by atoms with van der Waals surface area (Å²) in [6.45, 7) is 1.34. The van der Waals surface area contributed by atoms with Crippen LogP contribution < -0.4 is 15.5 Å². The molecule has 6 rings (SSSR count). The molecule has 1 amide bonds. The Bertz CT molecular complexity index is 1540. The van der Waals surface area contributed by atoms with Crippen molar-refractivity contribution in [3.63, 3.8) is 0 Å². The van der Waals surface area contributed by atoms with Gasteiger partial charge in [0.1, 0.15) is 12.1 Å². The number of carbonyl (C=O) groups excluding carboxylic acids is 1. The summed E-state index contributed by atoms with van der Waals surface area (Å²) in [5.74, 6) is 1.01. The van der Waals surface area contributed by atoms with E-state index < -0.39 is 0 Å². The average Bonchev–Trinajstić information content (AvgIpc) is 3.63. The number of aryl methyl sites for hydroxylation is 1. The van der Waals surface area contributed by atoms with Gasteiger partial charge in [0.15, 0.2) is 5.65 Å². The van der Waals surface area contributed by atoms with Crippen LogP contribution >= 0.6 is 0 Å². The largest absolute Gasteiger partial charge is 0.353 e. The SMILES string of the molecule is Cn1cc(Nc2cccc(C(=O)NCCC3CN(c4ncnc5[nH]ncc45)c4ccccc43)c2)cn1. The van der Waals surface area contributed by atoms with Gasteiger partial charge in [-0.2, -0.15) is 10.2 Å². The Morgan fingerprint density at radius 1 is 1.11 bits per heavy atom. The van der Waals surface area contributed by atoms with Gasteiger partial charge in [0.25, 0.3) is 5.91 Å². The molecule has 1 unspecified atom stereocenters. The lowest BCUT2D eigenvalue weighted by molar-refractivity contribution is 0.0952. The molecular weight excluding hydrogens is 454 g/mol. The molecule has 10 nitrogen and oxygen atoms in total. The molecule has 0 saturated heterocycles. The number of nitrogens with one attached hydrogen (secondary N) is 3. The zero-order valence-electron chi connectivity index (χ0n) is 19.7. The molecule has 2 aromatic carbocycles. The number of para-hydroxylation sites is 1. The van der Waals surface area contributed by atoms with Crippen molar-refractivity contribution in [2.45, 2.75) is 12.3 Å². The van der Waals surface area contributed by atoms with Crippen LogP contribution in [-0.4, -0.2) is 48.9 Å². The lowest BCUT2D eigenvalue weighted by Crippen LogP contribution is -2.26. The van der Waals surface area contributed by atoms with Gasteiger partial charge in [0, 0.05) is 49.2 Å². The van der Waals surface area contributed by atoms with E-state index in [9.17, 15) is 4.79 Å². The maximum Gasteiger partial charge on any atom is 0.251 e. The third kappa shape index (κ3) is 4.13. The van der Waals surface area contributed by atoms with Crippen molar-refractivity contribution in [3.05, 3.63) is 84.6 Å². The van der Waals surface area contributed by atoms with E-state index >= 15 is 0 Å². The zero-order chi connectivity index (χ0) is 24.5. The monoisotopic (exact) mass is 479 g/mol. The van der Waals surface area contributed by atoms with Gasteiger partial charge in [0.05, 0.1) is 23.5 Å². The van der Waals surface area contributed by atoms with Gasteiger partial charge in [0.2, 0.25) is 0 Å². The summed E-state index contributed by atoms with van der Waals surface area (Å²) in [4.78, 5) is 23.9. The summed E-state index contributed by atoms with van der Waals surface area (Å²) < 4.78 is 1.73. The van der Waals surface area contributed by atoms with E-state index in [2.05, 4.69) is 59.0 Å². The first-order valence-electron chi connectivity index (χ1n) is 11.8. The van der Waals surface area contributed by atoms with E-state index in [0.717, 1.165) is 41.2 Å². The van der Waals surface area contributed by atoms with Crippen molar-refractivity contribution in [2.75, 3.05) is 23.3 Å². The Balaban J connectivity index is 1.13. The molecule has 10 heteroatoms. The van der Waals surface area contributed by atoms with Crippen LogP contribution in [0.4, 0.5) is 22.9 Å². The maximum absolute atomic E-state index is 12.9. The van der Waals surface area contributed by atoms with Crippen LogP contribution in [0.25, 0.3) is 11.0 Å². The van der Waals surface area contributed by atoms with E-state index in [1.807, 2.05) is 43.6 Å². The summed E-state index contributed by atoms with van der Waals surface area (Å²) in [6, 6.07) is 15.8. The number of aromatic amines is 1. The molecule has 0 bridgehead atoms. The highest BCUT2D eigenvalue weighted by Crippen LogP contribution is 2.42. The van der Waals surface area contributed by atoms with Crippen LogP contribution in [0, 0.1) is 0 Å². The second-order valence-corrected chi connectivity index (χ2v) is 8.85. The molecule has 4 heterocycles. The molecule has 1 aliphatic rings. The first-order valence-corrected chi connectivity index (χ1v) is 11.8. The predicted octanol–water partition coefficient (Wildman–Crippen LogP) is 3.89. The Labute approximate surface area is 207 Å². The minimum atomic E-state index is -0.0936. The molecule has 0 saturated carbocycles. The molecule has 5 aromatic rings. The Kier molecular flexibility index (Phi) is 5.53. The highest BCUT2D eigenvalue weighted by atomic mass is 16.1. The first-order chi connectivity index (χ1) is 17.7. The second-order valence-electron chi connectivity index (χ2n) is 8.85. The minimum absolute atomic E-state index is 0.0936. The lowest BCUT2D eigenvalue weighted by Gasteiger charge is -2.19. The number of fused-ring (bicyclic) bond motifs is 2. The van der Waals surface area contributed by atoms with E-state index in [1.54, 1.807) is 23.4 Å². The van der Waals surface area contributed by atoms with E-state index in [4.69, 9.17) is 0 Å². The van der Waals surface area contributed by atoms with Crippen molar-refractivity contribution >= 4 is 39.8 Å². The normalized spacial score (nSPS) is 14.7. The van der Waals surface area contributed by atoms with Crippen LogP contribution in [0.5, 0.6) is 0 Å². The van der Waals surface area contributed by atoms with Gasteiger partial charge in [-0.15, -0.1) is 0 Å². The fraction of sp³-hybridized carbons (Fsp3) is 0.192. The molecule has 36 heavy (non-hydrogen) atoms. The van der Waals surface area contributed by atoms with Gasteiger partial charge in [-0.05, 0) is 36.2 Å². The summed E-state index contributed by atoms with van der Waals surface area (Å²) in [5.41, 5.74) is 5.42. The smallest absolute Gasteiger partial charge is 0.251 e. The number of aromatic nitrogens is 6. The fourth-order valence-electron chi connectivity index (χ4n) is 4.76. The molecule has 1 atom stereocenters. The summed E-state index contributed by atoms with van der Waals surface area (Å²) in [5, 5.41) is 18.5. The number of amides is 1. The van der Waals surface area contributed by atoms with E-state index in [0.29, 0.717) is 17.8 Å². The number of H-pyrrole nitrogens is 1. The summed E-state index contributed by atoms with van der Waals surface area (Å²) in [6.07, 6.45) is 7.76. The van der Waals surface area contributed by atoms with Crippen molar-refractivity contribution in [2.24, 2.45) is 7.05 Å². The predicted molar refractivity (Wildman–Crippen MR) is 138 cm³/mol. The Morgan fingerprint density at radius 3 is 2.92 bits per heavy atom. The third-order valence-electron chi connectivity index (χ3n) is 6.45. The van der Waals surface area contributed by atoms with Gasteiger partial charge >= 0.3 is 0 Å². The maximum atomic E-state index is 12.9. The van der Waals surface area contributed by atoms with Gasteiger partial charge in [-0.3, -0.25) is 14.6 Å². The number of hydrogen-bond donors (Lipinski definition) is 3. The number of hydrogen-bond acceptors (Lipinski definition) is 7. The molecule has 0 aliphatic carbocycles. The standard InChI is InChI=1S/C26H25N9O/c1-34-15-20(12-31-34)32-19-6-4-5-17(11-19)26(36)27-10-9-18-14-35(23-8-3-2-7-21(18)23)25-22-13-30-33-24(22)28-16-29-25/h2-8,11-13,15-16,18,32H,9-10,14H2,1H3,(H,27,36)(H,28,29,30,33). The fourth-order valence-corrected chi connectivity index (χ4v) is 4.76. The Hall–Kier alpha value is -4.73. The summed E-state index contributed by atoms with van der Waals surface area (Å²) in [7, 11) is 1.86. The first kappa shape index (κ1) is 21.8. The average molecular weight is 480 g/mol. The number of carbonyl (C=O) groups is 1. The number of nitrogens with zero attached hydrogens (tertiary/aromatic N) is 6. The highest BCUT2D eigenvalue weighted by molar-refractivity contribution is 5.95. The van der Waals surface area contributed by atoms with Crippen molar-refractivity contribution in [1.29, 1.82) is 0 Å². The second kappa shape index (κ2) is 9.14. The minimum Gasteiger partial charge on any atom is -0.353 e. The van der Waals surface area contributed by atoms with Crippen LogP contribution in [0.1, 0.15) is 28.3 Å². The van der Waals surface area contributed by atoms with Crippen LogP contribution in [0.15, 0.2) is 73.4 Å².